The third kappa shape index (κ3) is 3.53. The minimum absolute atomic E-state index is 0.0921. The van der Waals surface area contributed by atoms with Crippen molar-refractivity contribution in [2.24, 2.45) is 11.8 Å². The molecule has 0 aromatic heterocycles. The second-order valence-corrected chi connectivity index (χ2v) is 6.28. The lowest BCUT2D eigenvalue weighted by Gasteiger charge is -2.40. The van der Waals surface area contributed by atoms with Gasteiger partial charge in [-0.2, -0.15) is 0 Å². The molecule has 110 valence electrons. The predicted octanol–water partition coefficient (Wildman–Crippen LogP) is 3.71. The second-order valence-electron chi connectivity index (χ2n) is 6.28. The predicted molar refractivity (Wildman–Crippen MR) is 82.1 cm³/mol. The molecule has 1 fully saturated rings. The molecule has 0 saturated heterocycles. The monoisotopic (exact) mass is 275 g/mol. The maximum atomic E-state index is 11.2. The maximum Gasteiger partial charge on any atom is 0.323 e. The molecule has 0 amide bonds. The Hall–Kier alpha value is -1.51. The molecular weight excluding hydrogens is 250 g/mol. The van der Waals surface area contributed by atoms with Crippen LogP contribution < -0.4 is 4.90 Å². The van der Waals surface area contributed by atoms with Crippen LogP contribution in [0.15, 0.2) is 24.3 Å². The van der Waals surface area contributed by atoms with Gasteiger partial charge < -0.3 is 10.0 Å². The van der Waals surface area contributed by atoms with E-state index >= 15 is 0 Å². The van der Waals surface area contributed by atoms with Crippen molar-refractivity contribution in [2.75, 3.05) is 11.4 Å². The van der Waals surface area contributed by atoms with E-state index in [1.165, 1.54) is 12.0 Å². The topological polar surface area (TPSA) is 40.5 Å². The lowest BCUT2D eigenvalue weighted by atomic mass is 9.78. The summed E-state index contributed by atoms with van der Waals surface area (Å²) in [4.78, 5) is 13.3. The van der Waals surface area contributed by atoms with Gasteiger partial charge >= 0.3 is 5.97 Å². The average molecular weight is 275 g/mol. The molecule has 1 aliphatic carbocycles. The van der Waals surface area contributed by atoms with Gasteiger partial charge in [0.25, 0.3) is 0 Å². The number of benzene rings is 1. The van der Waals surface area contributed by atoms with Gasteiger partial charge in [0, 0.05) is 11.7 Å². The number of aryl methyl sites for hydroxylation is 1. The average Bonchev–Trinajstić information content (AvgIpc) is 2.40. The van der Waals surface area contributed by atoms with Gasteiger partial charge in [-0.1, -0.05) is 31.5 Å². The van der Waals surface area contributed by atoms with Crippen molar-refractivity contribution in [3.8, 4) is 0 Å². The van der Waals surface area contributed by atoms with Crippen molar-refractivity contribution >= 4 is 11.7 Å². The number of anilines is 1. The number of rotatable bonds is 4. The summed E-state index contributed by atoms with van der Waals surface area (Å²) in [6.45, 7) is 6.73. The zero-order valence-corrected chi connectivity index (χ0v) is 12.7. The van der Waals surface area contributed by atoms with E-state index in [4.69, 9.17) is 0 Å². The number of nitrogens with zero attached hydrogens (tertiary/aromatic N) is 1. The first-order valence-electron chi connectivity index (χ1n) is 7.52. The first kappa shape index (κ1) is 14.9. The minimum atomic E-state index is -0.753. The largest absolute Gasteiger partial charge is 0.480 e. The summed E-state index contributed by atoms with van der Waals surface area (Å²) in [7, 11) is 0. The van der Waals surface area contributed by atoms with Gasteiger partial charge in [0.05, 0.1) is 0 Å². The van der Waals surface area contributed by atoms with Gasteiger partial charge in [-0.05, 0) is 50.2 Å². The van der Waals surface area contributed by atoms with E-state index in [1.54, 1.807) is 0 Å². The lowest BCUT2D eigenvalue weighted by Crippen LogP contribution is -2.43. The van der Waals surface area contributed by atoms with Crippen molar-refractivity contribution in [1.82, 2.24) is 0 Å². The van der Waals surface area contributed by atoms with Gasteiger partial charge in [0.15, 0.2) is 0 Å². The van der Waals surface area contributed by atoms with Gasteiger partial charge in [-0.25, -0.2) is 0 Å². The van der Waals surface area contributed by atoms with Crippen LogP contribution in [0.1, 0.15) is 38.7 Å². The summed E-state index contributed by atoms with van der Waals surface area (Å²) in [5.41, 5.74) is 2.24. The number of carboxylic acid groups (broad SMARTS) is 1. The smallest absolute Gasteiger partial charge is 0.323 e. The van der Waals surface area contributed by atoms with Crippen LogP contribution in [0.25, 0.3) is 0 Å². The van der Waals surface area contributed by atoms with Crippen molar-refractivity contribution < 1.29 is 9.90 Å². The summed E-state index contributed by atoms with van der Waals surface area (Å²) >= 11 is 0. The van der Waals surface area contributed by atoms with Crippen LogP contribution in [0, 0.1) is 18.8 Å². The van der Waals surface area contributed by atoms with E-state index in [9.17, 15) is 9.90 Å². The van der Waals surface area contributed by atoms with Crippen molar-refractivity contribution in [1.29, 1.82) is 0 Å². The molecule has 2 rings (SSSR count). The molecule has 0 heterocycles. The Morgan fingerprint density at radius 2 is 1.85 bits per heavy atom. The molecule has 1 aromatic carbocycles. The molecule has 20 heavy (non-hydrogen) atoms. The second kappa shape index (κ2) is 6.29. The highest BCUT2D eigenvalue weighted by Gasteiger charge is 2.29. The van der Waals surface area contributed by atoms with E-state index < -0.39 is 5.97 Å². The zero-order valence-electron chi connectivity index (χ0n) is 12.7. The van der Waals surface area contributed by atoms with E-state index in [-0.39, 0.29) is 6.54 Å². The van der Waals surface area contributed by atoms with Crippen molar-refractivity contribution in [2.45, 2.75) is 46.1 Å². The summed E-state index contributed by atoms with van der Waals surface area (Å²) in [6, 6.07) is 8.54. The van der Waals surface area contributed by atoms with Crippen LogP contribution in [0.2, 0.25) is 0 Å². The SMILES string of the molecule is Cc1ccc(N(CC(=O)O)C2CCC(C)C(C)C2)cc1. The van der Waals surface area contributed by atoms with Gasteiger partial charge in [0.2, 0.25) is 0 Å². The van der Waals surface area contributed by atoms with Crippen LogP contribution in [-0.4, -0.2) is 23.7 Å². The highest BCUT2D eigenvalue weighted by atomic mass is 16.4. The molecule has 1 N–H and O–H groups in total. The van der Waals surface area contributed by atoms with Crippen LogP contribution in [0.4, 0.5) is 5.69 Å². The Morgan fingerprint density at radius 3 is 2.40 bits per heavy atom. The van der Waals surface area contributed by atoms with Crippen LogP contribution in [-0.2, 0) is 4.79 Å². The highest BCUT2D eigenvalue weighted by Crippen LogP contribution is 2.34. The Balaban J connectivity index is 2.19. The van der Waals surface area contributed by atoms with Crippen molar-refractivity contribution in [3.05, 3.63) is 29.8 Å². The van der Waals surface area contributed by atoms with Crippen LogP contribution in [0.5, 0.6) is 0 Å². The first-order chi connectivity index (χ1) is 9.47. The fourth-order valence-electron chi connectivity index (χ4n) is 3.12. The Bertz CT molecular complexity index is 455. The number of aliphatic carboxylic acids is 1. The lowest BCUT2D eigenvalue weighted by molar-refractivity contribution is -0.135. The molecule has 0 radical (unpaired) electrons. The highest BCUT2D eigenvalue weighted by molar-refractivity contribution is 5.74. The molecule has 0 aliphatic heterocycles. The number of hydrogen-bond donors (Lipinski definition) is 1. The van der Waals surface area contributed by atoms with Crippen LogP contribution >= 0.6 is 0 Å². The molecule has 0 bridgehead atoms. The first-order valence-corrected chi connectivity index (χ1v) is 7.52. The molecule has 1 aliphatic rings. The Labute approximate surface area is 121 Å². The van der Waals surface area contributed by atoms with E-state index in [0.717, 1.165) is 24.4 Å². The van der Waals surface area contributed by atoms with Gasteiger partial charge in [-0.3, -0.25) is 4.79 Å². The summed E-state index contributed by atoms with van der Waals surface area (Å²) < 4.78 is 0. The van der Waals surface area contributed by atoms with E-state index in [0.29, 0.717) is 12.0 Å². The zero-order chi connectivity index (χ0) is 14.7. The number of carboxylic acids is 1. The fourth-order valence-corrected chi connectivity index (χ4v) is 3.12. The fraction of sp³-hybridized carbons (Fsp3) is 0.588. The molecule has 3 heteroatoms. The molecule has 1 aromatic rings. The standard InChI is InChI=1S/C17H25NO2/c1-12-4-7-15(8-5-12)18(11-17(19)20)16-9-6-13(2)14(3)10-16/h4-5,7-8,13-14,16H,6,9-11H2,1-3H3,(H,19,20). The molecular formula is C17H25NO2. The van der Waals surface area contributed by atoms with Gasteiger partial charge in [0.1, 0.15) is 6.54 Å². The van der Waals surface area contributed by atoms with Crippen LogP contribution in [0.3, 0.4) is 0 Å². The molecule has 3 nitrogen and oxygen atoms in total. The Morgan fingerprint density at radius 1 is 1.20 bits per heavy atom. The molecule has 3 unspecified atom stereocenters. The Kier molecular flexibility index (Phi) is 4.69. The quantitative estimate of drug-likeness (QED) is 0.910. The summed E-state index contributed by atoms with van der Waals surface area (Å²) in [5, 5.41) is 9.21. The normalized spacial score (nSPS) is 26.2. The third-order valence-electron chi connectivity index (χ3n) is 4.68. The summed E-state index contributed by atoms with van der Waals surface area (Å²) in [6.07, 6.45) is 3.36. The molecule has 3 atom stereocenters. The minimum Gasteiger partial charge on any atom is -0.480 e. The molecule has 1 saturated carbocycles. The maximum absolute atomic E-state index is 11.2. The molecule has 0 spiro atoms. The van der Waals surface area contributed by atoms with E-state index in [2.05, 4.69) is 37.8 Å². The van der Waals surface area contributed by atoms with Crippen molar-refractivity contribution in [3.63, 3.8) is 0 Å². The van der Waals surface area contributed by atoms with E-state index in [1.807, 2.05) is 12.1 Å². The summed E-state index contributed by atoms with van der Waals surface area (Å²) in [5.74, 6) is 0.656. The van der Waals surface area contributed by atoms with Gasteiger partial charge in [-0.15, -0.1) is 0 Å². The number of hydrogen-bond acceptors (Lipinski definition) is 2. The third-order valence-corrected chi connectivity index (χ3v) is 4.68. The number of carbonyl (C=O) groups is 1.